The van der Waals surface area contributed by atoms with E-state index in [2.05, 4.69) is 6.92 Å². The second-order valence-corrected chi connectivity index (χ2v) is 14.4. The summed E-state index contributed by atoms with van der Waals surface area (Å²) in [5.74, 6) is -0.0349. The van der Waals surface area contributed by atoms with Gasteiger partial charge in [-0.15, -0.1) is 0 Å². The summed E-state index contributed by atoms with van der Waals surface area (Å²) in [7, 11) is -0.399. The molecule has 0 radical (unpaired) electrons. The van der Waals surface area contributed by atoms with Crippen LogP contribution in [0.4, 0.5) is 13.2 Å². The zero-order valence-electron chi connectivity index (χ0n) is 20.4. The first kappa shape index (κ1) is 26.9. The lowest BCUT2D eigenvalue weighted by Gasteiger charge is -2.37. The molecule has 0 nitrogen and oxygen atoms in total. The van der Waals surface area contributed by atoms with Crippen LogP contribution < -0.4 is 0 Å². The molecular formula is C28H42ClF3Si. The summed E-state index contributed by atoms with van der Waals surface area (Å²) in [6.45, 7) is 2.31. The fraction of sp³-hybridized carbons (Fsp3) is 0.714. The molecule has 33 heavy (non-hydrogen) atoms. The zero-order valence-corrected chi connectivity index (χ0v) is 22.3. The van der Waals surface area contributed by atoms with Gasteiger partial charge in [-0.3, -0.25) is 0 Å². The Balaban J connectivity index is 1.32. The third-order valence-corrected chi connectivity index (χ3v) is 12.1. The number of unbranched alkanes of at least 4 members (excludes halogenated alkanes) is 3. The van der Waals surface area contributed by atoms with Gasteiger partial charge in [-0.2, -0.15) is 0 Å². The van der Waals surface area contributed by atoms with Crippen molar-refractivity contribution in [3.63, 3.8) is 0 Å². The highest BCUT2D eigenvalue weighted by atomic mass is 35.5. The number of halogens is 4. The topological polar surface area (TPSA) is 0 Å². The van der Waals surface area contributed by atoms with Gasteiger partial charge < -0.3 is 0 Å². The van der Waals surface area contributed by atoms with Crippen LogP contribution in [0, 0.1) is 29.4 Å². The van der Waals surface area contributed by atoms with Gasteiger partial charge in [0.2, 0.25) is 0 Å². The summed E-state index contributed by atoms with van der Waals surface area (Å²) in [6, 6.07) is 7.28. The summed E-state index contributed by atoms with van der Waals surface area (Å²) in [5, 5.41) is 0. The van der Waals surface area contributed by atoms with E-state index in [9.17, 15) is 13.2 Å². The van der Waals surface area contributed by atoms with Gasteiger partial charge in [-0.25, -0.2) is 13.2 Å². The SMILES string of the molecule is CCCCC[SiH]1CCC(C2CCC(CCCCc3cc(F)c(/C(F)=C/Cl)c(F)c3)CC2)CC1. The maximum Gasteiger partial charge on any atom is 0.147 e. The molecular weight excluding hydrogens is 457 g/mol. The smallest absolute Gasteiger partial charge is 0.147 e. The van der Waals surface area contributed by atoms with Crippen molar-refractivity contribution in [2.45, 2.75) is 109 Å². The molecule has 0 unspecified atom stereocenters. The van der Waals surface area contributed by atoms with E-state index in [0.29, 0.717) is 17.5 Å². The van der Waals surface area contributed by atoms with Crippen molar-refractivity contribution >= 4 is 26.2 Å². The van der Waals surface area contributed by atoms with E-state index in [0.717, 1.165) is 30.6 Å². The summed E-state index contributed by atoms with van der Waals surface area (Å²) in [4.78, 5) is 0. The van der Waals surface area contributed by atoms with Crippen LogP contribution in [0.25, 0.3) is 5.83 Å². The monoisotopic (exact) mass is 498 g/mol. The molecule has 1 saturated carbocycles. The van der Waals surface area contributed by atoms with Crippen molar-refractivity contribution in [2.75, 3.05) is 0 Å². The Morgan fingerprint density at radius 2 is 1.58 bits per heavy atom. The Morgan fingerprint density at radius 3 is 2.18 bits per heavy atom. The van der Waals surface area contributed by atoms with Crippen molar-refractivity contribution in [2.24, 2.45) is 17.8 Å². The van der Waals surface area contributed by atoms with E-state index in [1.54, 1.807) is 18.1 Å². The van der Waals surface area contributed by atoms with E-state index < -0.39 is 31.8 Å². The summed E-state index contributed by atoms with van der Waals surface area (Å²) in [5.41, 5.74) is 0.489. The van der Waals surface area contributed by atoms with Crippen molar-refractivity contribution in [1.29, 1.82) is 0 Å². The van der Waals surface area contributed by atoms with E-state index in [4.69, 9.17) is 11.6 Å². The molecule has 1 aromatic carbocycles. The number of benzene rings is 1. The number of hydrogen-bond donors (Lipinski definition) is 0. The van der Waals surface area contributed by atoms with Crippen molar-refractivity contribution in [1.82, 2.24) is 0 Å². The minimum Gasteiger partial charge on any atom is -0.206 e. The van der Waals surface area contributed by atoms with Crippen LogP contribution in [0.5, 0.6) is 0 Å². The Bertz CT molecular complexity index is 727. The Kier molecular flexibility index (Phi) is 11.4. The van der Waals surface area contributed by atoms with E-state index in [1.165, 1.54) is 76.3 Å². The van der Waals surface area contributed by atoms with Gasteiger partial charge in [-0.1, -0.05) is 94.4 Å². The van der Waals surface area contributed by atoms with Crippen molar-refractivity contribution in [3.8, 4) is 0 Å². The van der Waals surface area contributed by atoms with Crippen LogP contribution in [-0.4, -0.2) is 8.80 Å². The standard InChI is InChI=1S/C28H42ClF3Si/c1-2-3-6-15-33-16-13-24(14-17-33)23-11-9-21(10-12-23)7-4-5-8-22-18-25(30)28(26(31)19-22)27(32)20-29/h18-21,23-24,33H,2-17H2,1H3/b27-20-. The van der Waals surface area contributed by atoms with Gasteiger partial charge in [0.15, 0.2) is 0 Å². The average molecular weight is 499 g/mol. The first-order chi connectivity index (χ1) is 16.0. The molecule has 5 heteroatoms. The maximum atomic E-state index is 14.1. The lowest BCUT2D eigenvalue weighted by atomic mass is 9.73. The third-order valence-electron chi connectivity index (χ3n) is 8.43. The third kappa shape index (κ3) is 8.16. The molecule has 0 amide bonds. The van der Waals surface area contributed by atoms with Crippen LogP contribution in [0.15, 0.2) is 17.7 Å². The van der Waals surface area contributed by atoms with Crippen molar-refractivity contribution < 1.29 is 13.2 Å². The number of rotatable bonds is 11. The molecule has 2 aliphatic rings. The van der Waals surface area contributed by atoms with Crippen LogP contribution in [0.1, 0.15) is 95.1 Å². The quantitative estimate of drug-likeness (QED) is 0.210. The lowest BCUT2D eigenvalue weighted by molar-refractivity contribution is 0.184. The molecule has 1 heterocycles. The first-order valence-electron chi connectivity index (χ1n) is 13.5. The summed E-state index contributed by atoms with van der Waals surface area (Å²) < 4.78 is 41.6. The fourth-order valence-electron chi connectivity index (χ4n) is 6.39. The molecule has 186 valence electrons. The van der Waals surface area contributed by atoms with Gasteiger partial charge in [0.25, 0.3) is 0 Å². The molecule has 0 atom stereocenters. The maximum absolute atomic E-state index is 14.1. The molecule has 1 saturated heterocycles. The highest BCUT2D eigenvalue weighted by molar-refractivity contribution is 6.58. The average Bonchev–Trinajstić information content (AvgIpc) is 2.82. The molecule has 3 rings (SSSR count). The predicted molar refractivity (Wildman–Crippen MR) is 138 cm³/mol. The zero-order chi connectivity index (χ0) is 23.6. The van der Waals surface area contributed by atoms with Crippen molar-refractivity contribution in [3.05, 3.63) is 40.4 Å². The minimum atomic E-state index is -1.07. The second kappa shape index (κ2) is 14.0. The minimum absolute atomic E-state index is 0.399. The Labute approximate surface area is 206 Å². The Morgan fingerprint density at radius 1 is 0.939 bits per heavy atom. The molecule has 2 fully saturated rings. The molecule has 0 N–H and O–H groups in total. The van der Waals surface area contributed by atoms with Gasteiger partial charge in [0.1, 0.15) is 17.5 Å². The van der Waals surface area contributed by atoms with Gasteiger partial charge >= 0.3 is 0 Å². The van der Waals surface area contributed by atoms with Gasteiger partial charge in [0, 0.05) is 14.3 Å². The highest BCUT2D eigenvalue weighted by Crippen LogP contribution is 2.42. The lowest BCUT2D eigenvalue weighted by Crippen LogP contribution is -2.28. The van der Waals surface area contributed by atoms with E-state index >= 15 is 0 Å². The largest absolute Gasteiger partial charge is 0.206 e. The predicted octanol–water partition coefficient (Wildman–Crippen LogP) is 9.82. The van der Waals surface area contributed by atoms with E-state index in [1.807, 2.05) is 0 Å². The molecule has 0 aromatic heterocycles. The fourth-order valence-corrected chi connectivity index (χ4v) is 10.0. The summed E-state index contributed by atoms with van der Waals surface area (Å²) in [6.07, 6.45) is 16.7. The van der Waals surface area contributed by atoms with Crippen LogP contribution >= 0.6 is 11.6 Å². The highest BCUT2D eigenvalue weighted by Gasteiger charge is 2.30. The van der Waals surface area contributed by atoms with Gasteiger partial charge in [0.05, 0.1) is 5.56 Å². The molecule has 0 bridgehead atoms. The molecule has 1 aliphatic heterocycles. The first-order valence-corrected chi connectivity index (χ1v) is 16.3. The number of hydrogen-bond acceptors (Lipinski definition) is 0. The van der Waals surface area contributed by atoms with Crippen LogP contribution in [-0.2, 0) is 6.42 Å². The summed E-state index contributed by atoms with van der Waals surface area (Å²) >= 11 is 5.26. The molecule has 1 aromatic rings. The molecule has 1 aliphatic carbocycles. The normalized spacial score (nSPS) is 26.5. The Hall–Kier alpha value is -0.743. The van der Waals surface area contributed by atoms with Crippen LogP contribution in [0.2, 0.25) is 18.1 Å². The second-order valence-electron chi connectivity index (χ2n) is 10.7. The van der Waals surface area contributed by atoms with Gasteiger partial charge in [-0.05, 0) is 61.1 Å². The number of aryl methyl sites for hydroxylation is 1. The molecule has 0 spiro atoms. The van der Waals surface area contributed by atoms with Crippen LogP contribution in [0.3, 0.4) is 0 Å². The van der Waals surface area contributed by atoms with E-state index in [-0.39, 0.29) is 0 Å².